The third kappa shape index (κ3) is 2.99. The number of carbonyl (C=O) groups excluding carboxylic acids is 1. The molecule has 0 fully saturated rings. The molecule has 0 spiro atoms. The van der Waals surface area contributed by atoms with Crippen molar-refractivity contribution in [2.45, 2.75) is 26.7 Å². The van der Waals surface area contributed by atoms with Crippen molar-refractivity contribution in [2.24, 2.45) is 0 Å². The van der Waals surface area contributed by atoms with E-state index in [1.807, 2.05) is 19.1 Å². The summed E-state index contributed by atoms with van der Waals surface area (Å²) in [6, 6.07) is 3.91. The van der Waals surface area contributed by atoms with Crippen LogP contribution >= 0.6 is 0 Å². The van der Waals surface area contributed by atoms with Crippen LogP contribution in [-0.4, -0.2) is 20.0 Å². The third-order valence-corrected chi connectivity index (χ3v) is 2.48. The van der Waals surface area contributed by atoms with E-state index < -0.39 is 0 Å². The lowest BCUT2D eigenvalue weighted by atomic mass is 10.0. The first-order chi connectivity index (χ1) is 7.58. The number of ether oxygens (including phenoxy) is 2. The van der Waals surface area contributed by atoms with Gasteiger partial charge in [-0.1, -0.05) is 0 Å². The van der Waals surface area contributed by atoms with Crippen LogP contribution in [0.1, 0.15) is 24.5 Å². The van der Waals surface area contributed by atoms with E-state index in [-0.39, 0.29) is 5.78 Å². The van der Waals surface area contributed by atoms with Crippen molar-refractivity contribution >= 4 is 5.78 Å². The molecule has 0 heterocycles. The summed E-state index contributed by atoms with van der Waals surface area (Å²) in [5.41, 5.74) is 2.05. The monoisotopic (exact) mass is 222 g/mol. The Labute approximate surface area is 96.4 Å². The van der Waals surface area contributed by atoms with Crippen LogP contribution in [-0.2, 0) is 11.2 Å². The van der Waals surface area contributed by atoms with Crippen LogP contribution in [0.4, 0.5) is 0 Å². The molecule has 0 aliphatic carbocycles. The molecule has 1 aromatic carbocycles. The molecule has 0 aromatic heterocycles. The minimum Gasteiger partial charge on any atom is -0.496 e. The van der Waals surface area contributed by atoms with E-state index in [0.29, 0.717) is 12.8 Å². The molecule has 0 unspecified atom stereocenters. The van der Waals surface area contributed by atoms with Crippen LogP contribution in [0, 0.1) is 6.92 Å². The second-order valence-electron chi connectivity index (χ2n) is 3.85. The summed E-state index contributed by atoms with van der Waals surface area (Å²) in [6.07, 6.45) is 1.16. The highest BCUT2D eigenvalue weighted by Gasteiger charge is 2.11. The Morgan fingerprint density at radius 1 is 1.19 bits per heavy atom. The first-order valence-corrected chi connectivity index (χ1v) is 5.29. The van der Waals surface area contributed by atoms with Gasteiger partial charge in [0.25, 0.3) is 0 Å². The minimum atomic E-state index is 0.171. The lowest BCUT2D eigenvalue weighted by molar-refractivity contribution is -0.116. The van der Waals surface area contributed by atoms with Gasteiger partial charge >= 0.3 is 0 Å². The largest absolute Gasteiger partial charge is 0.496 e. The molecule has 0 N–H and O–H groups in total. The van der Waals surface area contributed by atoms with E-state index in [9.17, 15) is 4.79 Å². The first kappa shape index (κ1) is 12.6. The van der Waals surface area contributed by atoms with Gasteiger partial charge in [0.05, 0.1) is 14.2 Å². The van der Waals surface area contributed by atoms with Crippen LogP contribution in [0.2, 0.25) is 0 Å². The van der Waals surface area contributed by atoms with Gasteiger partial charge in [-0.05, 0) is 38.0 Å². The SMILES string of the molecule is COc1cc(C)cc(OC)c1CCC(C)=O. The Hall–Kier alpha value is -1.51. The van der Waals surface area contributed by atoms with Gasteiger partial charge in [-0.2, -0.15) is 0 Å². The van der Waals surface area contributed by atoms with Crippen LogP contribution in [0.15, 0.2) is 12.1 Å². The molecule has 0 atom stereocenters. The number of rotatable bonds is 5. The molecule has 0 amide bonds. The normalized spacial score (nSPS) is 10.0. The Balaban J connectivity index is 3.06. The molecule has 0 aliphatic rings. The molecular formula is C13H18O3. The average molecular weight is 222 g/mol. The maximum atomic E-state index is 11.0. The number of benzene rings is 1. The summed E-state index contributed by atoms with van der Waals surface area (Å²) in [4.78, 5) is 11.0. The highest BCUT2D eigenvalue weighted by Crippen LogP contribution is 2.31. The molecule has 0 saturated heterocycles. The van der Waals surface area contributed by atoms with Crippen molar-refractivity contribution < 1.29 is 14.3 Å². The molecule has 88 valence electrons. The predicted octanol–water partition coefficient (Wildman–Crippen LogP) is 2.53. The molecule has 3 nitrogen and oxygen atoms in total. The standard InChI is InChI=1S/C13H18O3/c1-9-7-12(15-3)11(6-5-10(2)14)13(8-9)16-4/h7-8H,5-6H2,1-4H3. The summed E-state index contributed by atoms with van der Waals surface area (Å²) in [6.45, 7) is 3.58. The second kappa shape index (κ2) is 5.54. The van der Waals surface area contributed by atoms with Gasteiger partial charge in [0, 0.05) is 12.0 Å². The van der Waals surface area contributed by atoms with Gasteiger partial charge in [-0.25, -0.2) is 0 Å². The summed E-state index contributed by atoms with van der Waals surface area (Å²) in [7, 11) is 3.26. The van der Waals surface area contributed by atoms with Crippen molar-refractivity contribution in [3.8, 4) is 11.5 Å². The fourth-order valence-corrected chi connectivity index (χ4v) is 1.66. The van der Waals surface area contributed by atoms with Crippen molar-refractivity contribution in [3.63, 3.8) is 0 Å². The number of Topliss-reactive ketones (excluding diaryl/α,β-unsaturated/α-hetero) is 1. The lowest BCUT2D eigenvalue weighted by Gasteiger charge is -2.13. The van der Waals surface area contributed by atoms with Gasteiger partial charge in [-0.3, -0.25) is 0 Å². The van der Waals surface area contributed by atoms with Crippen molar-refractivity contribution in [1.29, 1.82) is 0 Å². The van der Waals surface area contributed by atoms with Gasteiger partial charge in [-0.15, -0.1) is 0 Å². The van der Waals surface area contributed by atoms with Gasteiger partial charge < -0.3 is 14.3 Å². The molecule has 3 heteroatoms. The third-order valence-electron chi connectivity index (χ3n) is 2.48. The number of hydrogen-bond acceptors (Lipinski definition) is 3. The average Bonchev–Trinajstić information content (AvgIpc) is 2.25. The van der Waals surface area contributed by atoms with Crippen LogP contribution in [0.25, 0.3) is 0 Å². The zero-order valence-electron chi connectivity index (χ0n) is 10.3. The van der Waals surface area contributed by atoms with E-state index in [4.69, 9.17) is 9.47 Å². The lowest BCUT2D eigenvalue weighted by Crippen LogP contribution is -2.01. The zero-order chi connectivity index (χ0) is 12.1. The fraction of sp³-hybridized carbons (Fsp3) is 0.462. The molecule has 1 aromatic rings. The van der Waals surface area contributed by atoms with Crippen LogP contribution in [0.5, 0.6) is 11.5 Å². The summed E-state index contributed by atoms with van der Waals surface area (Å²) >= 11 is 0. The molecule has 1 rings (SSSR count). The minimum absolute atomic E-state index is 0.171. The van der Waals surface area contributed by atoms with E-state index in [2.05, 4.69) is 0 Å². The summed E-state index contributed by atoms with van der Waals surface area (Å²) in [5, 5.41) is 0. The first-order valence-electron chi connectivity index (χ1n) is 5.29. The molecule has 0 saturated carbocycles. The maximum absolute atomic E-state index is 11.0. The summed E-state index contributed by atoms with van der Waals surface area (Å²) < 4.78 is 10.6. The van der Waals surface area contributed by atoms with Gasteiger partial charge in [0.2, 0.25) is 0 Å². The number of hydrogen-bond donors (Lipinski definition) is 0. The quantitative estimate of drug-likeness (QED) is 0.768. The highest BCUT2D eigenvalue weighted by atomic mass is 16.5. The van der Waals surface area contributed by atoms with Crippen molar-refractivity contribution in [1.82, 2.24) is 0 Å². The van der Waals surface area contributed by atoms with E-state index in [0.717, 1.165) is 22.6 Å². The molecule has 0 radical (unpaired) electrons. The molecule has 0 aliphatic heterocycles. The van der Waals surface area contributed by atoms with Gasteiger partial charge in [0.15, 0.2) is 0 Å². The Bertz CT molecular complexity index is 358. The van der Waals surface area contributed by atoms with Crippen LogP contribution in [0.3, 0.4) is 0 Å². The fourth-order valence-electron chi connectivity index (χ4n) is 1.66. The number of methoxy groups -OCH3 is 2. The molecule has 16 heavy (non-hydrogen) atoms. The van der Waals surface area contributed by atoms with E-state index >= 15 is 0 Å². The Morgan fingerprint density at radius 3 is 2.06 bits per heavy atom. The van der Waals surface area contributed by atoms with E-state index in [1.54, 1.807) is 21.1 Å². The van der Waals surface area contributed by atoms with Crippen molar-refractivity contribution in [3.05, 3.63) is 23.3 Å². The molecule has 0 bridgehead atoms. The Kier molecular flexibility index (Phi) is 4.35. The second-order valence-corrected chi connectivity index (χ2v) is 3.85. The maximum Gasteiger partial charge on any atom is 0.130 e. The number of ketones is 1. The summed E-state index contributed by atoms with van der Waals surface area (Å²) in [5.74, 6) is 1.75. The zero-order valence-corrected chi connectivity index (χ0v) is 10.3. The topological polar surface area (TPSA) is 35.5 Å². The predicted molar refractivity (Wildman–Crippen MR) is 63.3 cm³/mol. The van der Waals surface area contributed by atoms with E-state index in [1.165, 1.54) is 0 Å². The number of carbonyl (C=O) groups is 1. The molecular weight excluding hydrogens is 204 g/mol. The number of aryl methyl sites for hydroxylation is 1. The highest BCUT2D eigenvalue weighted by molar-refractivity contribution is 5.76. The van der Waals surface area contributed by atoms with Crippen LogP contribution < -0.4 is 9.47 Å². The van der Waals surface area contributed by atoms with Gasteiger partial charge in [0.1, 0.15) is 17.3 Å². The van der Waals surface area contributed by atoms with Crippen molar-refractivity contribution in [2.75, 3.05) is 14.2 Å². The Morgan fingerprint density at radius 2 is 1.69 bits per heavy atom. The smallest absolute Gasteiger partial charge is 0.130 e.